The Labute approximate surface area is 105 Å². The quantitative estimate of drug-likeness (QED) is 0.419. The summed E-state index contributed by atoms with van der Waals surface area (Å²) < 4.78 is 5.87. The Morgan fingerprint density at radius 2 is 2.26 bits per heavy atom. The van der Waals surface area contributed by atoms with Gasteiger partial charge in [-0.15, -0.1) is 0 Å². The van der Waals surface area contributed by atoms with Crippen LogP contribution < -0.4 is 11.2 Å². The predicted molar refractivity (Wildman–Crippen MR) is 58.9 cm³/mol. The third kappa shape index (κ3) is 1.96. The second-order valence-electron chi connectivity index (χ2n) is 4.11. The highest BCUT2D eigenvalue weighted by Gasteiger charge is 2.57. The fourth-order valence-corrected chi connectivity index (χ4v) is 1.93. The molecule has 0 bridgehead atoms. The van der Waals surface area contributed by atoms with E-state index in [4.69, 9.17) is 15.1 Å². The maximum atomic E-state index is 11.6. The molecule has 19 heavy (non-hydrogen) atoms. The van der Waals surface area contributed by atoms with Crippen LogP contribution in [0.15, 0.2) is 21.9 Å². The number of H-pyrrole nitrogens is 1. The molecule has 1 aromatic rings. The lowest BCUT2D eigenvalue weighted by atomic mass is 9.96. The van der Waals surface area contributed by atoms with Gasteiger partial charge in [-0.2, -0.15) is 5.26 Å². The van der Waals surface area contributed by atoms with E-state index in [1.165, 1.54) is 6.07 Å². The number of nitrogens with one attached hydrogen (secondary N) is 1. The molecular weight excluding hydrogens is 258 g/mol. The summed E-state index contributed by atoms with van der Waals surface area (Å²) in [4.78, 5) is 24.5. The van der Waals surface area contributed by atoms with E-state index in [1.807, 2.05) is 4.98 Å². The summed E-state index contributed by atoms with van der Waals surface area (Å²) in [5, 5.41) is 37.8. The molecule has 0 aromatic carbocycles. The van der Waals surface area contributed by atoms with E-state index in [1.54, 1.807) is 0 Å². The summed E-state index contributed by atoms with van der Waals surface area (Å²) in [5.41, 5.74) is -3.97. The molecule has 0 aliphatic carbocycles. The van der Waals surface area contributed by atoms with Crippen molar-refractivity contribution in [2.45, 2.75) is 24.0 Å². The van der Waals surface area contributed by atoms with Crippen molar-refractivity contribution in [3.05, 3.63) is 33.1 Å². The van der Waals surface area contributed by atoms with Gasteiger partial charge in [-0.25, -0.2) is 4.79 Å². The van der Waals surface area contributed by atoms with Gasteiger partial charge in [0, 0.05) is 12.3 Å². The Balaban J connectivity index is 2.52. The summed E-state index contributed by atoms with van der Waals surface area (Å²) in [6.07, 6.45) is -3.41. The minimum Gasteiger partial charge on any atom is -0.394 e. The average Bonchev–Trinajstić information content (AvgIpc) is 2.63. The summed E-state index contributed by atoms with van der Waals surface area (Å²) in [6, 6.07) is 2.46. The molecule has 2 heterocycles. The van der Waals surface area contributed by atoms with Crippen LogP contribution in [0.2, 0.25) is 0 Å². The molecule has 1 aliphatic rings. The van der Waals surface area contributed by atoms with Gasteiger partial charge in [-0.1, -0.05) is 0 Å². The number of hydrogen-bond donors (Lipinski definition) is 4. The number of aromatic nitrogens is 2. The van der Waals surface area contributed by atoms with Gasteiger partial charge in [-0.3, -0.25) is 14.3 Å². The van der Waals surface area contributed by atoms with Crippen molar-refractivity contribution in [2.24, 2.45) is 0 Å². The molecule has 1 aliphatic heterocycles. The molecule has 1 aromatic heterocycles. The topological polar surface area (TPSA) is 149 Å². The fourth-order valence-electron chi connectivity index (χ4n) is 1.93. The zero-order valence-corrected chi connectivity index (χ0v) is 9.55. The molecule has 1 saturated heterocycles. The van der Waals surface area contributed by atoms with Crippen molar-refractivity contribution in [3.63, 3.8) is 0 Å². The molecule has 0 spiro atoms. The minimum absolute atomic E-state index is 0.639. The number of aliphatic hydroxyl groups excluding tert-OH is 2. The molecule has 0 amide bonds. The lowest BCUT2D eigenvalue weighted by molar-refractivity contribution is -0.0774. The Bertz CT molecular complexity index is 631. The lowest BCUT2D eigenvalue weighted by Gasteiger charge is -2.24. The van der Waals surface area contributed by atoms with Crippen LogP contribution in [0.25, 0.3) is 0 Å². The number of hydrogen-bond acceptors (Lipinski definition) is 7. The van der Waals surface area contributed by atoms with E-state index < -0.39 is 41.9 Å². The van der Waals surface area contributed by atoms with Crippen LogP contribution in [-0.2, 0) is 4.74 Å². The van der Waals surface area contributed by atoms with Crippen molar-refractivity contribution >= 4 is 0 Å². The largest absolute Gasteiger partial charge is 0.394 e. The molecule has 2 rings (SSSR count). The molecule has 0 saturated carbocycles. The monoisotopic (exact) mass is 269 g/mol. The Morgan fingerprint density at radius 3 is 2.79 bits per heavy atom. The second-order valence-corrected chi connectivity index (χ2v) is 4.11. The first-order valence-corrected chi connectivity index (χ1v) is 5.33. The number of ether oxygens (including phenoxy) is 1. The van der Waals surface area contributed by atoms with Gasteiger partial charge < -0.3 is 20.1 Å². The smallest absolute Gasteiger partial charge is 0.330 e. The fraction of sp³-hybridized carbons (Fsp3) is 0.500. The van der Waals surface area contributed by atoms with Crippen LogP contribution >= 0.6 is 0 Å². The molecular formula is C10H11N3O6. The van der Waals surface area contributed by atoms with E-state index in [0.717, 1.165) is 16.8 Å². The highest BCUT2D eigenvalue weighted by Crippen LogP contribution is 2.36. The first-order valence-electron chi connectivity index (χ1n) is 5.33. The number of rotatable bonds is 2. The number of aromatic amines is 1. The Morgan fingerprint density at radius 1 is 1.58 bits per heavy atom. The summed E-state index contributed by atoms with van der Waals surface area (Å²) in [7, 11) is 0. The number of nitrogens with zero attached hydrogens (tertiary/aromatic N) is 2. The predicted octanol–water partition coefficient (Wildman–Crippen LogP) is -2.96. The second kappa shape index (κ2) is 4.60. The highest BCUT2D eigenvalue weighted by atomic mass is 16.6. The highest BCUT2D eigenvalue weighted by molar-refractivity contribution is 5.15. The third-order valence-electron chi connectivity index (χ3n) is 2.95. The van der Waals surface area contributed by atoms with Gasteiger partial charge in [0.15, 0.2) is 6.23 Å². The normalized spacial score (nSPS) is 34.1. The zero-order valence-electron chi connectivity index (χ0n) is 9.55. The molecule has 1 fully saturated rings. The van der Waals surface area contributed by atoms with Crippen LogP contribution in [-0.4, -0.2) is 49.3 Å². The Kier molecular flexibility index (Phi) is 3.25. The number of nitriles is 1. The minimum atomic E-state index is -2.41. The van der Waals surface area contributed by atoms with Crippen molar-refractivity contribution < 1.29 is 20.1 Å². The van der Waals surface area contributed by atoms with Gasteiger partial charge in [0.1, 0.15) is 18.3 Å². The van der Waals surface area contributed by atoms with Crippen molar-refractivity contribution in [2.75, 3.05) is 6.61 Å². The molecule has 4 N–H and O–H groups in total. The van der Waals surface area contributed by atoms with E-state index in [0.29, 0.717) is 0 Å². The van der Waals surface area contributed by atoms with Crippen LogP contribution in [0.1, 0.15) is 6.23 Å². The first kappa shape index (κ1) is 13.4. The first-order chi connectivity index (χ1) is 8.93. The van der Waals surface area contributed by atoms with Gasteiger partial charge in [0.2, 0.25) is 5.60 Å². The van der Waals surface area contributed by atoms with Crippen molar-refractivity contribution in [1.29, 1.82) is 5.26 Å². The van der Waals surface area contributed by atoms with E-state index in [2.05, 4.69) is 0 Å². The third-order valence-corrected chi connectivity index (χ3v) is 2.95. The van der Waals surface area contributed by atoms with Crippen LogP contribution in [0, 0.1) is 11.3 Å². The molecule has 9 nitrogen and oxygen atoms in total. The SMILES string of the molecule is N#C[C@@]1(O)[C@H](O)[C@@H](CO)O[C@H]1n1ccc(=O)[nH]c1=O. The van der Waals surface area contributed by atoms with E-state index in [9.17, 15) is 19.8 Å². The van der Waals surface area contributed by atoms with Crippen LogP contribution in [0.5, 0.6) is 0 Å². The molecule has 0 unspecified atom stereocenters. The van der Waals surface area contributed by atoms with E-state index in [-0.39, 0.29) is 0 Å². The van der Waals surface area contributed by atoms with Crippen LogP contribution in [0.3, 0.4) is 0 Å². The van der Waals surface area contributed by atoms with Gasteiger partial charge in [0.05, 0.1) is 6.61 Å². The van der Waals surface area contributed by atoms with E-state index >= 15 is 0 Å². The van der Waals surface area contributed by atoms with Crippen molar-refractivity contribution in [3.8, 4) is 6.07 Å². The zero-order chi connectivity index (χ0) is 14.2. The van der Waals surface area contributed by atoms with Crippen LogP contribution in [0.4, 0.5) is 0 Å². The summed E-state index contributed by atoms with van der Waals surface area (Å²) in [6.45, 7) is -0.639. The average molecular weight is 269 g/mol. The van der Waals surface area contributed by atoms with Gasteiger partial charge in [-0.05, 0) is 0 Å². The maximum Gasteiger partial charge on any atom is 0.330 e. The summed E-state index contributed by atoms with van der Waals surface area (Å²) >= 11 is 0. The number of aliphatic hydroxyl groups is 3. The summed E-state index contributed by atoms with van der Waals surface area (Å²) in [5.74, 6) is 0. The molecule has 9 heteroatoms. The van der Waals surface area contributed by atoms with Crippen molar-refractivity contribution in [1.82, 2.24) is 9.55 Å². The lowest BCUT2D eigenvalue weighted by Crippen LogP contribution is -2.48. The maximum absolute atomic E-state index is 11.6. The molecule has 4 atom stereocenters. The standard InChI is InChI=1S/C10H11N3O6/c11-4-10(18)7(16)5(3-14)19-8(10)13-2-1-6(15)12-9(13)17/h1-2,5,7-8,14,16,18H,3H2,(H,12,15,17)/t5-,7-,8-,10-/m1/s1. The molecule has 102 valence electrons. The Hall–Kier alpha value is -1.99. The van der Waals surface area contributed by atoms with Gasteiger partial charge in [0.25, 0.3) is 5.56 Å². The molecule has 0 radical (unpaired) electrons. The van der Waals surface area contributed by atoms with Gasteiger partial charge >= 0.3 is 5.69 Å².